The van der Waals surface area contributed by atoms with Crippen LogP contribution in [0.25, 0.3) is 0 Å². The average Bonchev–Trinajstić information content (AvgIpc) is 3.06. The number of nitrogens with one attached hydrogen (secondary N) is 1. The van der Waals surface area contributed by atoms with Crippen LogP contribution in [0.4, 0.5) is 0 Å². The van der Waals surface area contributed by atoms with Gasteiger partial charge in [-0.15, -0.1) is 0 Å². The number of aliphatic hydroxyl groups excluding tert-OH is 2. The minimum atomic E-state index is -0.867. The van der Waals surface area contributed by atoms with Gasteiger partial charge in [0, 0.05) is 6.42 Å². The molecule has 0 aromatic rings. The number of aliphatic hydroxyl groups is 2. The van der Waals surface area contributed by atoms with Gasteiger partial charge < -0.3 is 15.5 Å². The van der Waals surface area contributed by atoms with Crippen molar-refractivity contribution in [3.8, 4) is 0 Å². The summed E-state index contributed by atoms with van der Waals surface area (Å²) in [6.07, 6.45) is 50.6. The van der Waals surface area contributed by atoms with Gasteiger partial charge in [0.15, 0.2) is 0 Å². The summed E-state index contributed by atoms with van der Waals surface area (Å²) in [7, 11) is 0. The van der Waals surface area contributed by atoms with Gasteiger partial charge in [0.2, 0.25) is 5.91 Å². The van der Waals surface area contributed by atoms with Crippen LogP contribution in [0.1, 0.15) is 194 Å². The lowest BCUT2D eigenvalue weighted by Crippen LogP contribution is -2.45. The van der Waals surface area contributed by atoms with Crippen LogP contribution in [0, 0.1) is 0 Å². The Hall–Kier alpha value is -1.65. The third-order valence-corrected chi connectivity index (χ3v) is 8.78. The van der Waals surface area contributed by atoms with Crippen molar-refractivity contribution in [1.29, 1.82) is 0 Å². The van der Waals surface area contributed by atoms with Crippen molar-refractivity contribution in [1.82, 2.24) is 5.32 Å². The molecular weight excluding hydrogens is 566 g/mol. The maximum atomic E-state index is 12.3. The first-order valence-corrected chi connectivity index (χ1v) is 19.9. The van der Waals surface area contributed by atoms with Crippen molar-refractivity contribution < 1.29 is 15.0 Å². The first-order chi connectivity index (χ1) is 22.7. The van der Waals surface area contributed by atoms with Crippen molar-refractivity contribution in [3.05, 3.63) is 48.6 Å². The van der Waals surface area contributed by atoms with Crippen molar-refractivity contribution in [2.24, 2.45) is 0 Å². The highest BCUT2D eigenvalue weighted by Gasteiger charge is 2.17. The molecule has 2 unspecified atom stereocenters. The second-order valence-corrected chi connectivity index (χ2v) is 13.3. The number of hydrogen-bond donors (Lipinski definition) is 3. The summed E-state index contributed by atoms with van der Waals surface area (Å²) >= 11 is 0. The van der Waals surface area contributed by atoms with Crippen LogP contribution in [-0.4, -0.2) is 34.9 Å². The van der Waals surface area contributed by atoms with Crippen LogP contribution < -0.4 is 5.32 Å². The highest BCUT2D eigenvalue weighted by Crippen LogP contribution is 2.13. The molecule has 0 bridgehead atoms. The third-order valence-electron chi connectivity index (χ3n) is 8.78. The number of rotatable bonds is 35. The number of hydrogen-bond acceptors (Lipinski definition) is 3. The molecule has 0 aromatic carbocycles. The molecule has 0 heterocycles. The quantitative estimate of drug-likeness (QED) is 0.0475. The Morgan fingerprint density at radius 1 is 0.522 bits per heavy atom. The summed E-state index contributed by atoms with van der Waals surface area (Å²) in [6.45, 7) is 4.26. The molecule has 4 nitrogen and oxygen atoms in total. The molecular formula is C42H77NO3. The van der Waals surface area contributed by atoms with E-state index < -0.39 is 12.1 Å². The number of carbonyl (C=O) groups is 1. The van der Waals surface area contributed by atoms with Crippen molar-refractivity contribution in [3.63, 3.8) is 0 Å². The number of allylic oxidation sites excluding steroid dienone is 7. The van der Waals surface area contributed by atoms with Gasteiger partial charge in [-0.3, -0.25) is 4.79 Å². The van der Waals surface area contributed by atoms with E-state index in [0.29, 0.717) is 6.42 Å². The fourth-order valence-corrected chi connectivity index (χ4v) is 5.69. The van der Waals surface area contributed by atoms with Crippen molar-refractivity contribution in [2.75, 3.05) is 6.61 Å². The molecule has 2 atom stereocenters. The van der Waals surface area contributed by atoms with Crippen molar-refractivity contribution >= 4 is 5.91 Å². The lowest BCUT2D eigenvalue weighted by molar-refractivity contribution is -0.123. The van der Waals surface area contributed by atoms with E-state index in [0.717, 1.165) is 51.4 Å². The summed E-state index contributed by atoms with van der Waals surface area (Å²) in [4.78, 5) is 12.3. The van der Waals surface area contributed by atoms with Crippen LogP contribution in [-0.2, 0) is 4.79 Å². The predicted molar refractivity (Wildman–Crippen MR) is 202 cm³/mol. The molecule has 4 heteroatoms. The molecule has 0 fully saturated rings. The number of carbonyl (C=O) groups excluding carboxylic acids is 1. The SMILES string of the molecule is CCCCCC/C=C\C/C=C\CCCCCCCC(=O)NC(CO)C(O)/C=C/CC/C=C/CCCCCCCCCCCCCC. The fourth-order valence-electron chi connectivity index (χ4n) is 5.69. The summed E-state index contributed by atoms with van der Waals surface area (Å²) in [6, 6.07) is -0.646. The molecule has 0 rings (SSSR count). The minimum Gasteiger partial charge on any atom is -0.394 e. The molecule has 0 aliphatic rings. The first-order valence-electron chi connectivity index (χ1n) is 19.9. The maximum absolute atomic E-state index is 12.3. The lowest BCUT2D eigenvalue weighted by atomic mass is 10.0. The Morgan fingerprint density at radius 3 is 1.41 bits per heavy atom. The molecule has 0 saturated heterocycles. The highest BCUT2D eigenvalue weighted by molar-refractivity contribution is 5.76. The van der Waals surface area contributed by atoms with Gasteiger partial charge >= 0.3 is 0 Å². The lowest BCUT2D eigenvalue weighted by Gasteiger charge is -2.19. The van der Waals surface area contributed by atoms with Gasteiger partial charge in [-0.25, -0.2) is 0 Å². The first kappa shape index (κ1) is 44.4. The van der Waals surface area contributed by atoms with Gasteiger partial charge in [0.25, 0.3) is 0 Å². The van der Waals surface area contributed by atoms with Crippen LogP contribution in [0.3, 0.4) is 0 Å². The van der Waals surface area contributed by atoms with E-state index in [1.54, 1.807) is 6.08 Å². The van der Waals surface area contributed by atoms with Crippen LogP contribution in [0.5, 0.6) is 0 Å². The monoisotopic (exact) mass is 644 g/mol. The average molecular weight is 644 g/mol. The van der Waals surface area contributed by atoms with E-state index in [1.165, 1.54) is 122 Å². The Balaban J connectivity index is 3.69. The van der Waals surface area contributed by atoms with Crippen LogP contribution >= 0.6 is 0 Å². The van der Waals surface area contributed by atoms with Gasteiger partial charge in [-0.05, 0) is 64.2 Å². The molecule has 0 saturated carbocycles. The van der Waals surface area contributed by atoms with E-state index in [9.17, 15) is 15.0 Å². The molecule has 46 heavy (non-hydrogen) atoms. The Morgan fingerprint density at radius 2 is 0.913 bits per heavy atom. The maximum Gasteiger partial charge on any atom is 0.220 e. The summed E-state index contributed by atoms with van der Waals surface area (Å²) < 4.78 is 0. The van der Waals surface area contributed by atoms with Gasteiger partial charge in [-0.1, -0.05) is 172 Å². The van der Waals surface area contributed by atoms with Gasteiger partial charge in [-0.2, -0.15) is 0 Å². The highest BCUT2D eigenvalue weighted by atomic mass is 16.3. The standard InChI is InChI=1S/C42H77NO3/c1-3-5-7-9-11-13-15-17-19-21-22-23-25-27-29-31-33-35-37-41(45)40(39-44)43-42(46)38-36-34-32-30-28-26-24-20-18-16-14-12-10-8-6-4-2/h14,16,20,24,27,29,35,37,40-41,44-45H,3-13,15,17-19,21-23,25-26,28,30-34,36,38-39H2,1-2H3,(H,43,46)/b16-14-,24-20-,29-27+,37-35+. The van der Waals surface area contributed by atoms with E-state index >= 15 is 0 Å². The summed E-state index contributed by atoms with van der Waals surface area (Å²) in [5, 5.41) is 22.9. The van der Waals surface area contributed by atoms with Gasteiger partial charge in [0.1, 0.15) is 0 Å². The topological polar surface area (TPSA) is 69.6 Å². The number of amides is 1. The van der Waals surface area contributed by atoms with E-state index in [2.05, 4.69) is 55.6 Å². The molecule has 0 radical (unpaired) electrons. The van der Waals surface area contributed by atoms with Gasteiger partial charge in [0.05, 0.1) is 18.8 Å². The zero-order chi connectivity index (χ0) is 33.6. The summed E-state index contributed by atoms with van der Waals surface area (Å²) in [5.74, 6) is -0.0893. The smallest absolute Gasteiger partial charge is 0.220 e. The second-order valence-electron chi connectivity index (χ2n) is 13.3. The minimum absolute atomic E-state index is 0.0893. The van der Waals surface area contributed by atoms with Crippen LogP contribution in [0.2, 0.25) is 0 Å². The zero-order valence-electron chi connectivity index (χ0n) is 30.6. The van der Waals surface area contributed by atoms with E-state index in [-0.39, 0.29) is 12.5 Å². The molecule has 3 N–H and O–H groups in total. The Labute approximate surface area is 286 Å². The molecule has 0 aliphatic carbocycles. The molecule has 0 aromatic heterocycles. The molecule has 268 valence electrons. The van der Waals surface area contributed by atoms with Crippen molar-refractivity contribution in [2.45, 2.75) is 206 Å². The zero-order valence-corrected chi connectivity index (χ0v) is 30.6. The normalized spacial score (nSPS) is 13.6. The molecule has 0 aliphatic heterocycles. The summed E-state index contributed by atoms with van der Waals surface area (Å²) in [5.41, 5.74) is 0. The number of unbranched alkanes of at least 4 members (excludes halogenated alkanes) is 22. The van der Waals surface area contributed by atoms with E-state index in [1.807, 2.05) is 6.08 Å². The third kappa shape index (κ3) is 33.7. The fraction of sp³-hybridized carbons (Fsp3) is 0.786. The largest absolute Gasteiger partial charge is 0.394 e. The molecule has 0 spiro atoms. The Bertz CT molecular complexity index is 741. The second kappa shape index (κ2) is 37.8. The molecule has 1 amide bonds. The predicted octanol–water partition coefficient (Wildman–Crippen LogP) is 12.0. The Kier molecular flexibility index (Phi) is 36.4. The van der Waals surface area contributed by atoms with E-state index in [4.69, 9.17) is 0 Å². The van der Waals surface area contributed by atoms with Crippen LogP contribution in [0.15, 0.2) is 48.6 Å².